The lowest BCUT2D eigenvalue weighted by Crippen LogP contribution is -2.03. The Bertz CT molecular complexity index is 697. The molecule has 20 heavy (non-hydrogen) atoms. The molecule has 0 bridgehead atoms. The Morgan fingerprint density at radius 1 is 1.15 bits per heavy atom. The van der Waals surface area contributed by atoms with Gasteiger partial charge < -0.3 is 9.13 Å². The summed E-state index contributed by atoms with van der Waals surface area (Å²) in [4.78, 5) is 8.77. The third-order valence-electron chi connectivity index (χ3n) is 3.21. The van der Waals surface area contributed by atoms with E-state index in [1.165, 1.54) is 0 Å². The van der Waals surface area contributed by atoms with Crippen LogP contribution in [0.15, 0.2) is 49.2 Å². The van der Waals surface area contributed by atoms with Crippen LogP contribution in [0, 0.1) is 0 Å². The molecule has 1 aromatic carbocycles. The smallest absolute Gasteiger partial charge is 0.108 e. The van der Waals surface area contributed by atoms with E-state index < -0.39 is 0 Å². The van der Waals surface area contributed by atoms with E-state index in [9.17, 15) is 0 Å². The molecule has 3 aromatic rings. The second-order valence-corrected chi connectivity index (χ2v) is 5.01. The van der Waals surface area contributed by atoms with Crippen LogP contribution in [0.25, 0.3) is 5.69 Å². The Hall–Kier alpha value is -2.07. The van der Waals surface area contributed by atoms with Gasteiger partial charge in [-0.1, -0.05) is 18.5 Å². The van der Waals surface area contributed by atoms with Crippen molar-refractivity contribution in [2.45, 2.75) is 19.9 Å². The minimum Gasteiger partial charge on any atom is -0.329 e. The Morgan fingerprint density at radius 2 is 1.95 bits per heavy atom. The van der Waals surface area contributed by atoms with Crippen molar-refractivity contribution in [2.24, 2.45) is 0 Å². The van der Waals surface area contributed by atoms with Gasteiger partial charge in [0.05, 0.1) is 18.6 Å². The zero-order valence-corrected chi connectivity index (χ0v) is 12.0. The first-order chi connectivity index (χ1) is 9.76. The third kappa shape index (κ3) is 2.60. The Morgan fingerprint density at radius 3 is 2.70 bits per heavy atom. The summed E-state index contributed by atoms with van der Waals surface area (Å²) in [5, 5.41) is 0.736. The van der Waals surface area contributed by atoms with Gasteiger partial charge >= 0.3 is 0 Å². The molecule has 2 heterocycles. The molecule has 0 N–H and O–H groups in total. The number of rotatable bonds is 4. The van der Waals surface area contributed by atoms with Crippen LogP contribution in [0.5, 0.6) is 0 Å². The first-order valence-corrected chi connectivity index (χ1v) is 6.93. The molecule has 0 spiro atoms. The highest BCUT2D eigenvalue weighted by molar-refractivity contribution is 6.30. The molecule has 2 aromatic heterocycles. The van der Waals surface area contributed by atoms with Gasteiger partial charge in [-0.25, -0.2) is 9.97 Å². The molecule has 0 radical (unpaired) electrons. The summed E-state index contributed by atoms with van der Waals surface area (Å²) in [5.74, 6) is 1.08. The van der Waals surface area contributed by atoms with Crippen molar-refractivity contribution < 1.29 is 0 Å². The Labute approximate surface area is 122 Å². The second-order valence-electron chi connectivity index (χ2n) is 4.57. The fourth-order valence-electron chi connectivity index (χ4n) is 2.17. The summed E-state index contributed by atoms with van der Waals surface area (Å²) in [6.07, 6.45) is 8.59. The number of nitrogens with zero attached hydrogens (tertiary/aromatic N) is 4. The minimum absolute atomic E-state index is 0.736. The van der Waals surface area contributed by atoms with E-state index in [0.717, 1.165) is 35.2 Å². The fraction of sp³-hybridized carbons (Fsp3) is 0.200. The van der Waals surface area contributed by atoms with Crippen LogP contribution in [0.1, 0.15) is 18.4 Å². The quantitative estimate of drug-likeness (QED) is 0.737. The normalized spacial score (nSPS) is 10.9. The van der Waals surface area contributed by atoms with Gasteiger partial charge in [0.25, 0.3) is 0 Å². The van der Waals surface area contributed by atoms with Gasteiger partial charge in [0.2, 0.25) is 0 Å². The number of hydrogen-bond acceptors (Lipinski definition) is 2. The van der Waals surface area contributed by atoms with Gasteiger partial charge in [-0.15, -0.1) is 0 Å². The summed E-state index contributed by atoms with van der Waals surface area (Å²) < 4.78 is 4.11. The molecule has 3 rings (SSSR count). The lowest BCUT2D eigenvalue weighted by molar-refractivity contribution is 0.719. The molecule has 0 aliphatic heterocycles. The molecule has 0 saturated carbocycles. The number of benzene rings is 1. The summed E-state index contributed by atoms with van der Waals surface area (Å²) in [5.41, 5.74) is 2.06. The number of imidazole rings is 2. The van der Waals surface area contributed by atoms with Crippen molar-refractivity contribution >= 4 is 11.6 Å². The predicted molar refractivity (Wildman–Crippen MR) is 79.3 cm³/mol. The molecule has 0 amide bonds. The minimum atomic E-state index is 0.736. The van der Waals surface area contributed by atoms with Crippen molar-refractivity contribution in [1.29, 1.82) is 0 Å². The van der Waals surface area contributed by atoms with Gasteiger partial charge in [-0.2, -0.15) is 0 Å². The van der Waals surface area contributed by atoms with Gasteiger partial charge in [0, 0.05) is 35.7 Å². The Balaban J connectivity index is 1.82. The van der Waals surface area contributed by atoms with Crippen molar-refractivity contribution in [3.05, 3.63) is 65.7 Å². The van der Waals surface area contributed by atoms with Crippen LogP contribution in [0.3, 0.4) is 0 Å². The van der Waals surface area contributed by atoms with E-state index in [-0.39, 0.29) is 0 Å². The molecule has 102 valence electrons. The lowest BCUT2D eigenvalue weighted by atomic mass is 10.3. The topological polar surface area (TPSA) is 35.6 Å². The van der Waals surface area contributed by atoms with E-state index >= 15 is 0 Å². The van der Waals surface area contributed by atoms with Crippen LogP contribution in [0.4, 0.5) is 0 Å². The molecule has 5 heteroatoms. The molecule has 0 atom stereocenters. The maximum Gasteiger partial charge on any atom is 0.108 e. The SMILES string of the molecule is CCc1nccn1Cc1cn(-c2ccc(Cl)cc2)cn1. The zero-order chi connectivity index (χ0) is 13.9. The zero-order valence-electron chi connectivity index (χ0n) is 11.2. The van der Waals surface area contributed by atoms with Crippen molar-refractivity contribution in [2.75, 3.05) is 0 Å². The van der Waals surface area contributed by atoms with Gasteiger partial charge in [-0.05, 0) is 24.3 Å². The molecule has 0 aliphatic rings. The molecule has 0 saturated heterocycles. The highest BCUT2D eigenvalue weighted by Gasteiger charge is 2.05. The van der Waals surface area contributed by atoms with Crippen LogP contribution in [-0.2, 0) is 13.0 Å². The van der Waals surface area contributed by atoms with E-state index in [1.807, 2.05) is 53.8 Å². The molecule has 0 fully saturated rings. The average Bonchev–Trinajstić information content (AvgIpc) is 3.09. The van der Waals surface area contributed by atoms with E-state index in [0.29, 0.717) is 0 Å². The van der Waals surface area contributed by atoms with Crippen LogP contribution >= 0.6 is 11.6 Å². The number of aryl methyl sites for hydroxylation is 1. The largest absolute Gasteiger partial charge is 0.329 e. The van der Waals surface area contributed by atoms with E-state index in [1.54, 1.807) is 0 Å². The lowest BCUT2D eigenvalue weighted by Gasteiger charge is -2.04. The number of hydrogen-bond donors (Lipinski definition) is 0. The van der Waals surface area contributed by atoms with E-state index in [2.05, 4.69) is 21.5 Å². The Kier molecular flexibility index (Phi) is 3.56. The molecular weight excluding hydrogens is 272 g/mol. The van der Waals surface area contributed by atoms with E-state index in [4.69, 9.17) is 11.6 Å². The summed E-state index contributed by atoms with van der Waals surface area (Å²) >= 11 is 5.90. The summed E-state index contributed by atoms with van der Waals surface area (Å²) in [6.45, 7) is 2.84. The third-order valence-corrected chi connectivity index (χ3v) is 3.46. The molecular formula is C15H15ClN4. The van der Waals surface area contributed by atoms with Crippen molar-refractivity contribution in [3.63, 3.8) is 0 Å². The maximum atomic E-state index is 5.90. The highest BCUT2D eigenvalue weighted by Crippen LogP contribution is 2.14. The molecule has 0 unspecified atom stereocenters. The summed E-state index contributed by atoms with van der Waals surface area (Å²) in [6, 6.07) is 7.70. The van der Waals surface area contributed by atoms with Crippen molar-refractivity contribution in [1.82, 2.24) is 19.1 Å². The van der Waals surface area contributed by atoms with Crippen LogP contribution in [0.2, 0.25) is 5.02 Å². The maximum absolute atomic E-state index is 5.90. The predicted octanol–water partition coefficient (Wildman–Crippen LogP) is 3.33. The number of aromatic nitrogens is 4. The second kappa shape index (κ2) is 5.51. The highest BCUT2D eigenvalue weighted by atomic mass is 35.5. The van der Waals surface area contributed by atoms with Crippen molar-refractivity contribution in [3.8, 4) is 5.69 Å². The first-order valence-electron chi connectivity index (χ1n) is 6.55. The van der Waals surface area contributed by atoms with Gasteiger partial charge in [0.15, 0.2) is 0 Å². The summed E-state index contributed by atoms with van der Waals surface area (Å²) in [7, 11) is 0. The van der Waals surface area contributed by atoms with Gasteiger partial charge in [-0.3, -0.25) is 0 Å². The monoisotopic (exact) mass is 286 g/mol. The molecule has 0 aliphatic carbocycles. The standard InChI is InChI=1S/C15H15ClN4/c1-2-15-17-7-8-19(15)9-13-10-20(11-18-13)14-5-3-12(16)4-6-14/h3-8,10-11H,2,9H2,1H3. The number of halogens is 1. The van der Waals surface area contributed by atoms with Crippen LogP contribution in [-0.4, -0.2) is 19.1 Å². The van der Waals surface area contributed by atoms with Gasteiger partial charge in [0.1, 0.15) is 5.82 Å². The molecule has 4 nitrogen and oxygen atoms in total. The van der Waals surface area contributed by atoms with Crippen LogP contribution < -0.4 is 0 Å². The fourth-order valence-corrected chi connectivity index (χ4v) is 2.30. The first kappa shape index (κ1) is 12.9. The average molecular weight is 287 g/mol.